The van der Waals surface area contributed by atoms with Gasteiger partial charge in [-0.3, -0.25) is 35.9 Å². The van der Waals surface area contributed by atoms with Crippen LogP contribution in [-0.2, 0) is 4.79 Å². The molecule has 136 valence electrons. The van der Waals surface area contributed by atoms with E-state index < -0.39 is 27.1 Å². The highest BCUT2D eigenvalue weighted by Crippen LogP contribution is 2.28. The maximum atomic E-state index is 11.8. The number of aryl methyl sites for hydroxylation is 1. The van der Waals surface area contributed by atoms with Gasteiger partial charge >= 0.3 is 5.69 Å². The summed E-state index contributed by atoms with van der Waals surface area (Å²) in [6, 6.07) is 8.35. The third-order valence-corrected chi connectivity index (χ3v) is 3.79. The number of carbonyl (C=O) groups excluding carboxylic acids is 1. The second kappa shape index (κ2) is 8.25. The summed E-state index contributed by atoms with van der Waals surface area (Å²) >= 11 is 3.31. The third kappa shape index (κ3) is 4.89. The molecule has 2 N–H and O–H groups in total. The fraction of sp³-hybridized carbons (Fsp3) is 0.133. The molecular formula is C15H13BrN4O6. The second-order valence-electron chi connectivity index (χ2n) is 5.11. The van der Waals surface area contributed by atoms with Gasteiger partial charge in [-0.05, 0) is 46.6 Å². The summed E-state index contributed by atoms with van der Waals surface area (Å²) in [5.41, 5.74) is 4.56. The molecule has 0 aromatic heterocycles. The van der Waals surface area contributed by atoms with Crippen LogP contribution in [0.5, 0.6) is 5.75 Å². The monoisotopic (exact) mass is 424 g/mol. The van der Waals surface area contributed by atoms with Crippen LogP contribution in [0.4, 0.5) is 17.1 Å². The quantitative estimate of drug-likeness (QED) is 0.514. The fourth-order valence-corrected chi connectivity index (χ4v) is 2.54. The van der Waals surface area contributed by atoms with E-state index in [1.54, 1.807) is 6.07 Å². The summed E-state index contributed by atoms with van der Waals surface area (Å²) in [5, 5.41) is 21.7. The molecule has 0 aliphatic rings. The lowest BCUT2D eigenvalue weighted by Gasteiger charge is -2.11. The Labute approximate surface area is 155 Å². The molecule has 10 nitrogen and oxygen atoms in total. The number of hydrazine groups is 1. The zero-order chi connectivity index (χ0) is 19.3. The number of nitrogens with one attached hydrogen (secondary N) is 2. The second-order valence-corrected chi connectivity index (χ2v) is 5.97. The Morgan fingerprint density at radius 1 is 1.15 bits per heavy atom. The Bertz CT molecular complexity index is 873. The number of benzene rings is 2. The van der Waals surface area contributed by atoms with E-state index in [-0.39, 0.29) is 12.3 Å². The molecule has 0 atom stereocenters. The molecule has 0 bridgehead atoms. The van der Waals surface area contributed by atoms with E-state index in [0.717, 1.165) is 23.8 Å². The van der Waals surface area contributed by atoms with Gasteiger partial charge in [-0.1, -0.05) is 6.07 Å². The van der Waals surface area contributed by atoms with Gasteiger partial charge in [0.1, 0.15) is 11.4 Å². The van der Waals surface area contributed by atoms with Crippen molar-refractivity contribution in [3.05, 3.63) is 66.7 Å². The normalized spacial score (nSPS) is 10.1. The molecular weight excluding hydrogens is 412 g/mol. The van der Waals surface area contributed by atoms with Crippen LogP contribution in [0.15, 0.2) is 40.9 Å². The first kappa shape index (κ1) is 19.1. The lowest BCUT2D eigenvalue weighted by Crippen LogP contribution is -2.33. The molecule has 1 amide bonds. The number of anilines is 1. The smallest absolute Gasteiger partial charge is 0.300 e. The van der Waals surface area contributed by atoms with Gasteiger partial charge in [-0.15, -0.1) is 0 Å². The largest absolute Gasteiger partial charge is 0.483 e. The lowest BCUT2D eigenvalue weighted by molar-refractivity contribution is -0.393. The van der Waals surface area contributed by atoms with E-state index in [1.807, 2.05) is 19.1 Å². The van der Waals surface area contributed by atoms with E-state index in [9.17, 15) is 25.0 Å². The first-order valence-corrected chi connectivity index (χ1v) is 7.94. The van der Waals surface area contributed by atoms with Crippen LogP contribution in [0.2, 0.25) is 0 Å². The number of carbonyl (C=O) groups is 1. The minimum Gasteiger partial charge on any atom is -0.483 e. The van der Waals surface area contributed by atoms with Crippen LogP contribution in [0, 0.1) is 27.2 Å². The Hall–Kier alpha value is -3.21. The first-order chi connectivity index (χ1) is 12.3. The first-order valence-electron chi connectivity index (χ1n) is 7.14. The number of ether oxygens (including phenoxy) is 1. The van der Waals surface area contributed by atoms with Crippen LogP contribution in [0.1, 0.15) is 5.56 Å². The van der Waals surface area contributed by atoms with Gasteiger partial charge in [-0.25, -0.2) is 0 Å². The van der Waals surface area contributed by atoms with Gasteiger partial charge in [-0.2, -0.15) is 0 Å². The molecule has 26 heavy (non-hydrogen) atoms. The average molecular weight is 425 g/mol. The van der Waals surface area contributed by atoms with Gasteiger partial charge in [0, 0.05) is 6.07 Å². The lowest BCUT2D eigenvalue weighted by atomic mass is 10.2. The number of hydrogen-bond donors (Lipinski definition) is 2. The molecule has 0 fully saturated rings. The zero-order valence-corrected chi connectivity index (χ0v) is 15.0. The molecule has 0 aliphatic heterocycles. The summed E-state index contributed by atoms with van der Waals surface area (Å²) < 4.78 is 6.03. The number of nitrogens with zero attached hydrogens (tertiary/aromatic N) is 2. The number of non-ortho nitro benzene ring substituents is 1. The van der Waals surface area contributed by atoms with Crippen LogP contribution >= 0.6 is 15.9 Å². The minimum atomic E-state index is -0.790. The molecule has 2 aromatic rings. The van der Waals surface area contributed by atoms with Crippen LogP contribution < -0.4 is 15.6 Å². The van der Waals surface area contributed by atoms with Crippen LogP contribution in [-0.4, -0.2) is 22.4 Å². The number of amides is 1. The molecule has 11 heteroatoms. The Morgan fingerprint density at radius 2 is 1.88 bits per heavy atom. The zero-order valence-electron chi connectivity index (χ0n) is 13.4. The van der Waals surface area contributed by atoms with Gasteiger partial charge < -0.3 is 4.74 Å². The molecule has 0 radical (unpaired) electrons. The van der Waals surface area contributed by atoms with Crippen molar-refractivity contribution in [3.63, 3.8) is 0 Å². The number of nitro benzene ring substituents is 2. The van der Waals surface area contributed by atoms with Gasteiger partial charge in [0.2, 0.25) is 0 Å². The molecule has 0 unspecified atom stereocenters. The van der Waals surface area contributed by atoms with Crippen molar-refractivity contribution in [3.8, 4) is 5.75 Å². The number of rotatable bonds is 7. The predicted molar refractivity (Wildman–Crippen MR) is 95.9 cm³/mol. The standard InChI is InChI=1S/C15H13BrN4O6/c1-9-2-5-14(11(16)6-9)26-8-15(21)18-17-12-4-3-10(19(22)23)7-13(12)20(24)25/h2-7,17H,8H2,1H3,(H,18,21). The molecule has 0 saturated heterocycles. The maximum Gasteiger partial charge on any atom is 0.300 e. The highest BCUT2D eigenvalue weighted by molar-refractivity contribution is 9.10. The maximum absolute atomic E-state index is 11.8. The summed E-state index contributed by atoms with van der Waals surface area (Å²) in [6.07, 6.45) is 0. The van der Waals surface area contributed by atoms with Gasteiger partial charge in [0.15, 0.2) is 6.61 Å². The van der Waals surface area contributed by atoms with E-state index in [0.29, 0.717) is 10.2 Å². The van der Waals surface area contributed by atoms with E-state index in [2.05, 4.69) is 26.8 Å². The predicted octanol–water partition coefficient (Wildman–Crippen LogP) is 3.10. The van der Waals surface area contributed by atoms with Crippen LogP contribution in [0.3, 0.4) is 0 Å². The van der Waals surface area contributed by atoms with Crippen molar-refractivity contribution >= 4 is 38.9 Å². The van der Waals surface area contributed by atoms with E-state index in [1.165, 1.54) is 0 Å². The molecule has 2 rings (SSSR count). The number of nitro groups is 2. The summed E-state index contributed by atoms with van der Waals surface area (Å²) in [6.45, 7) is 1.57. The average Bonchev–Trinajstić information content (AvgIpc) is 2.58. The van der Waals surface area contributed by atoms with Crippen molar-refractivity contribution in [2.75, 3.05) is 12.0 Å². The molecule has 0 aliphatic carbocycles. The Balaban J connectivity index is 1.98. The van der Waals surface area contributed by atoms with E-state index >= 15 is 0 Å². The highest BCUT2D eigenvalue weighted by atomic mass is 79.9. The minimum absolute atomic E-state index is 0.0922. The van der Waals surface area contributed by atoms with Gasteiger partial charge in [0.25, 0.3) is 11.6 Å². The molecule has 2 aromatic carbocycles. The summed E-state index contributed by atoms with van der Waals surface area (Å²) in [7, 11) is 0. The Morgan fingerprint density at radius 3 is 2.50 bits per heavy atom. The van der Waals surface area contributed by atoms with Gasteiger partial charge in [0.05, 0.1) is 20.4 Å². The molecule has 0 spiro atoms. The summed E-state index contributed by atoms with van der Waals surface area (Å²) in [5.74, 6) is -0.128. The molecule has 0 saturated carbocycles. The van der Waals surface area contributed by atoms with Crippen molar-refractivity contribution in [2.45, 2.75) is 6.92 Å². The van der Waals surface area contributed by atoms with E-state index in [4.69, 9.17) is 4.74 Å². The van der Waals surface area contributed by atoms with Crippen molar-refractivity contribution < 1.29 is 19.4 Å². The fourth-order valence-electron chi connectivity index (χ4n) is 1.93. The highest BCUT2D eigenvalue weighted by Gasteiger charge is 2.19. The molecule has 0 heterocycles. The SMILES string of the molecule is Cc1ccc(OCC(=O)NNc2ccc([N+](=O)[O-])cc2[N+](=O)[O-])c(Br)c1. The third-order valence-electron chi connectivity index (χ3n) is 3.17. The van der Waals surface area contributed by atoms with Crippen molar-refractivity contribution in [1.29, 1.82) is 0 Å². The number of hydrogen-bond acceptors (Lipinski definition) is 7. The summed E-state index contributed by atoms with van der Waals surface area (Å²) in [4.78, 5) is 32.0. The Kier molecular flexibility index (Phi) is 6.07. The van der Waals surface area contributed by atoms with Crippen molar-refractivity contribution in [2.24, 2.45) is 0 Å². The topological polar surface area (TPSA) is 137 Å². The van der Waals surface area contributed by atoms with Crippen LogP contribution in [0.25, 0.3) is 0 Å². The van der Waals surface area contributed by atoms with Crippen molar-refractivity contribution in [1.82, 2.24) is 5.43 Å². The number of halogens is 1.